The molecule has 1 nitrogen and oxygen atoms in total. The van der Waals surface area contributed by atoms with Gasteiger partial charge in [0.15, 0.2) is 0 Å². The highest BCUT2D eigenvalue weighted by Gasteiger charge is 2.34. The van der Waals surface area contributed by atoms with Crippen LogP contribution in [-0.4, -0.2) is 12.6 Å². The Labute approximate surface area is 82.3 Å². The molecular formula is C12H23N. The molecule has 0 radical (unpaired) electrons. The zero-order valence-electron chi connectivity index (χ0n) is 9.10. The molecule has 0 aromatic heterocycles. The van der Waals surface area contributed by atoms with Gasteiger partial charge in [-0.15, -0.1) is 0 Å². The summed E-state index contributed by atoms with van der Waals surface area (Å²) in [5, 5.41) is 3.77. The van der Waals surface area contributed by atoms with Gasteiger partial charge in [0.2, 0.25) is 0 Å². The van der Waals surface area contributed by atoms with Crippen LogP contribution in [0.5, 0.6) is 0 Å². The maximum absolute atomic E-state index is 3.77. The average molecular weight is 181 g/mol. The third-order valence-corrected chi connectivity index (χ3v) is 4.13. The molecule has 0 aromatic rings. The summed E-state index contributed by atoms with van der Waals surface area (Å²) < 4.78 is 0. The van der Waals surface area contributed by atoms with E-state index in [9.17, 15) is 0 Å². The van der Waals surface area contributed by atoms with Crippen LogP contribution in [0.15, 0.2) is 0 Å². The smallest absolute Gasteiger partial charge is 0.0118 e. The van der Waals surface area contributed by atoms with Crippen LogP contribution in [-0.2, 0) is 0 Å². The molecule has 0 amide bonds. The molecule has 1 N–H and O–H groups in total. The molecule has 2 aliphatic rings. The van der Waals surface area contributed by atoms with E-state index in [-0.39, 0.29) is 0 Å². The van der Waals surface area contributed by atoms with Crippen molar-refractivity contribution in [2.75, 3.05) is 6.54 Å². The van der Waals surface area contributed by atoms with Gasteiger partial charge in [0.25, 0.3) is 0 Å². The van der Waals surface area contributed by atoms with Crippen LogP contribution < -0.4 is 5.32 Å². The molecule has 0 aromatic carbocycles. The Morgan fingerprint density at radius 2 is 1.92 bits per heavy atom. The standard InChI is InChI=1S/C12H23N/c1-12(2)8-4-7-11(12)13-9-10-5-3-6-10/h10-11,13H,3-9H2,1-2H3. The molecule has 13 heavy (non-hydrogen) atoms. The van der Waals surface area contributed by atoms with E-state index in [2.05, 4.69) is 19.2 Å². The first-order valence-corrected chi connectivity index (χ1v) is 5.92. The molecule has 2 aliphatic carbocycles. The zero-order chi connectivity index (χ0) is 9.31. The number of hydrogen-bond donors (Lipinski definition) is 1. The van der Waals surface area contributed by atoms with E-state index >= 15 is 0 Å². The predicted molar refractivity (Wildman–Crippen MR) is 56.8 cm³/mol. The molecular weight excluding hydrogens is 158 g/mol. The van der Waals surface area contributed by atoms with Gasteiger partial charge in [-0.1, -0.05) is 26.7 Å². The monoisotopic (exact) mass is 181 g/mol. The number of hydrogen-bond acceptors (Lipinski definition) is 1. The topological polar surface area (TPSA) is 12.0 Å². The van der Waals surface area contributed by atoms with Crippen LogP contribution in [0.1, 0.15) is 52.4 Å². The third kappa shape index (κ3) is 2.07. The highest BCUT2D eigenvalue weighted by Crippen LogP contribution is 2.37. The Morgan fingerprint density at radius 3 is 2.38 bits per heavy atom. The summed E-state index contributed by atoms with van der Waals surface area (Å²) in [7, 11) is 0. The van der Waals surface area contributed by atoms with E-state index in [0.717, 1.165) is 12.0 Å². The van der Waals surface area contributed by atoms with E-state index in [0.29, 0.717) is 5.41 Å². The number of rotatable bonds is 3. The highest BCUT2D eigenvalue weighted by molar-refractivity contribution is 4.90. The summed E-state index contributed by atoms with van der Waals surface area (Å²) in [6.45, 7) is 6.12. The van der Waals surface area contributed by atoms with Crippen molar-refractivity contribution >= 4 is 0 Å². The Morgan fingerprint density at radius 1 is 1.15 bits per heavy atom. The molecule has 0 spiro atoms. The van der Waals surface area contributed by atoms with E-state index in [4.69, 9.17) is 0 Å². The van der Waals surface area contributed by atoms with Gasteiger partial charge in [-0.2, -0.15) is 0 Å². The number of nitrogens with one attached hydrogen (secondary N) is 1. The van der Waals surface area contributed by atoms with E-state index in [1.165, 1.54) is 45.1 Å². The van der Waals surface area contributed by atoms with Crippen molar-refractivity contribution in [2.45, 2.75) is 58.4 Å². The predicted octanol–water partition coefficient (Wildman–Crippen LogP) is 2.95. The molecule has 0 heterocycles. The Kier molecular flexibility index (Phi) is 2.64. The van der Waals surface area contributed by atoms with Crippen LogP contribution in [0, 0.1) is 11.3 Å². The molecule has 2 rings (SSSR count). The lowest BCUT2D eigenvalue weighted by Gasteiger charge is -2.32. The first kappa shape index (κ1) is 9.51. The summed E-state index contributed by atoms with van der Waals surface area (Å²) in [5.41, 5.74) is 0.559. The van der Waals surface area contributed by atoms with Crippen molar-refractivity contribution < 1.29 is 0 Å². The van der Waals surface area contributed by atoms with E-state index < -0.39 is 0 Å². The lowest BCUT2D eigenvalue weighted by atomic mass is 9.83. The second-order valence-corrected chi connectivity index (χ2v) is 5.64. The summed E-state index contributed by atoms with van der Waals surface area (Å²) >= 11 is 0. The summed E-state index contributed by atoms with van der Waals surface area (Å²) in [5.74, 6) is 1.01. The summed E-state index contributed by atoms with van der Waals surface area (Å²) in [6.07, 6.45) is 8.66. The molecule has 76 valence electrons. The molecule has 0 aliphatic heterocycles. The van der Waals surface area contributed by atoms with Crippen LogP contribution in [0.25, 0.3) is 0 Å². The maximum atomic E-state index is 3.77. The fourth-order valence-electron chi connectivity index (χ4n) is 2.71. The largest absolute Gasteiger partial charge is 0.313 e. The van der Waals surface area contributed by atoms with Crippen molar-refractivity contribution in [3.8, 4) is 0 Å². The van der Waals surface area contributed by atoms with Crippen LogP contribution >= 0.6 is 0 Å². The fourth-order valence-corrected chi connectivity index (χ4v) is 2.71. The van der Waals surface area contributed by atoms with Gasteiger partial charge in [-0.05, 0) is 43.6 Å². The second-order valence-electron chi connectivity index (χ2n) is 5.64. The van der Waals surface area contributed by atoms with Crippen molar-refractivity contribution in [1.29, 1.82) is 0 Å². The van der Waals surface area contributed by atoms with Crippen LogP contribution in [0.3, 0.4) is 0 Å². The fraction of sp³-hybridized carbons (Fsp3) is 1.00. The summed E-state index contributed by atoms with van der Waals surface area (Å²) in [6, 6.07) is 0.799. The first-order valence-electron chi connectivity index (χ1n) is 5.92. The van der Waals surface area contributed by atoms with Gasteiger partial charge in [0, 0.05) is 6.04 Å². The van der Waals surface area contributed by atoms with Gasteiger partial charge in [0.1, 0.15) is 0 Å². The Balaban J connectivity index is 1.73. The SMILES string of the molecule is CC1(C)CCCC1NCC1CCC1. The van der Waals surface area contributed by atoms with Crippen molar-refractivity contribution in [2.24, 2.45) is 11.3 Å². The van der Waals surface area contributed by atoms with Crippen LogP contribution in [0.4, 0.5) is 0 Å². The van der Waals surface area contributed by atoms with Gasteiger partial charge < -0.3 is 5.32 Å². The molecule has 0 bridgehead atoms. The molecule has 1 heteroatoms. The van der Waals surface area contributed by atoms with Crippen molar-refractivity contribution in [3.63, 3.8) is 0 Å². The molecule has 2 saturated carbocycles. The summed E-state index contributed by atoms with van der Waals surface area (Å²) in [4.78, 5) is 0. The third-order valence-electron chi connectivity index (χ3n) is 4.13. The molecule has 1 atom stereocenters. The minimum Gasteiger partial charge on any atom is -0.313 e. The van der Waals surface area contributed by atoms with Gasteiger partial charge in [0.05, 0.1) is 0 Å². The van der Waals surface area contributed by atoms with Gasteiger partial charge in [-0.25, -0.2) is 0 Å². The highest BCUT2D eigenvalue weighted by atomic mass is 14.9. The quantitative estimate of drug-likeness (QED) is 0.706. The second kappa shape index (κ2) is 3.61. The van der Waals surface area contributed by atoms with E-state index in [1.807, 2.05) is 0 Å². The van der Waals surface area contributed by atoms with Crippen molar-refractivity contribution in [1.82, 2.24) is 5.32 Å². The Bertz CT molecular complexity index is 170. The Hall–Kier alpha value is -0.0400. The molecule has 2 fully saturated rings. The first-order chi connectivity index (χ1) is 6.18. The van der Waals surface area contributed by atoms with Gasteiger partial charge >= 0.3 is 0 Å². The zero-order valence-corrected chi connectivity index (χ0v) is 9.10. The normalized spacial score (nSPS) is 33.2. The minimum absolute atomic E-state index is 0.559. The lowest BCUT2D eigenvalue weighted by molar-refractivity contribution is 0.236. The average Bonchev–Trinajstić information content (AvgIpc) is 2.27. The van der Waals surface area contributed by atoms with Crippen LogP contribution in [0.2, 0.25) is 0 Å². The molecule has 0 saturated heterocycles. The van der Waals surface area contributed by atoms with Gasteiger partial charge in [-0.3, -0.25) is 0 Å². The van der Waals surface area contributed by atoms with E-state index in [1.54, 1.807) is 0 Å². The molecule has 1 unspecified atom stereocenters. The lowest BCUT2D eigenvalue weighted by Crippen LogP contribution is -2.41. The minimum atomic E-state index is 0.559. The maximum Gasteiger partial charge on any atom is 0.0118 e. The van der Waals surface area contributed by atoms with Crippen molar-refractivity contribution in [3.05, 3.63) is 0 Å².